The van der Waals surface area contributed by atoms with Crippen LogP contribution >= 0.6 is 0 Å². The van der Waals surface area contributed by atoms with E-state index in [2.05, 4.69) is 26.3 Å². The van der Waals surface area contributed by atoms with E-state index in [0.717, 1.165) is 16.5 Å². The number of carbonyl (C=O) groups excluding carboxylic acids is 5. The summed E-state index contributed by atoms with van der Waals surface area (Å²) in [6.45, 7) is 5.46. The summed E-state index contributed by atoms with van der Waals surface area (Å²) in [5.41, 5.74) is 12.9. The van der Waals surface area contributed by atoms with Crippen LogP contribution in [0.5, 0.6) is 0 Å². The summed E-state index contributed by atoms with van der Waals surface area (Å²) in [6, 6.07) is 1.95. The smallest absolute Gasteiger partial charge is 0.305 e. The molecular weight excluding hydrogens is 570 g/mol. The summed E-state index contributed by atoms with van der Waals surface area (Å²) in [6.07, 6.45) is 3.16. The zero-order valence-electron chi connectivity index (χ0n) is 25.4. The number of nitrogens with one attached hydrogen (secondary N) is 5. The summed E-state index contributed by atoms with van der Waals surface area (Å²) in [4.78, 5) is 78.6. The van der Waals surface area contributed by atoms with E-state index in [0.29, 0.717) is 25.7 Å². The number of carboxylic acids is 1. The lowest BCUT2D eigenvalue weighted by Crippen LogP contribution is -2.58. The number of carbonyl (C=O) groups is 6. The minimum atomic E-state index is -1.56. The van der Waals surface area contributed by atoms with Crippen molar-refractivity contribution >= 4 is 46.8 Å². The number of nitrogens with two attached hydrogens (primary N) is 2. The van der Waals surface area contributed by atoms with Gasteiger partial charge in [-0.25, -0.2) is 0 Å². The van der Waals surface area contributed by atoms with Gasteiger partial charge in [0.2, 0.25) is 23.6 Å². The second-order valence-electron chi connectivity index (χ2n) is 11.3. The van der Waals surface area contributed by atoms with Gasteiger partial charge in [-0.3, -0.25) is 24.0 Å². The standard InChI is InChI=1S/C30H45N7O7/c1-17(2)12-24(36-27(41)18(3)32)29(43)37-25(14-26(39)40)30(44)35-23(10-6-7-11-31)28(42)34-20(16-38)13-19-15-33-22-9-5-4-8-21(19)22/h4-5,8-9,15-18,20,23-25,33H,6-7,10-14,31-32H2,1-3H3,(H,34,42)(H,35,44)(H,36,41)(H,37,43)(H,39,40)/t18-,20-,23-,24-,25-/m0/s1. The molecule has 242 valence electrons. The average molecular weight is 616 g/mol. The molecule has 1 aromatic heterocycles. The zero-order chi connectivity index (χ0) is 32.8. The lowest BCUT2D eigenvalue weighted by atomic mass is 10.0. The Bertz CT molecular complexity index is 1290. The maximum atomic E-state index is 13.3. The minimum Gasteiger partial charge on any atom is -0.481 e. The molecule has 0 bridgehead atoms. The van der Waals surface area contributed by atoms with E-state index < -0.39 is 66.2 Å². The van der Waals surface area contributed by atoms with Crippen molar-refractivity contribution in [1.29, 1.82) is 0 Å². The van der Waals surface area contributed by atoms with Gasteiger partial charge in [-0.1, -0.05) is 32.0 Å². The monoisotopic (exact) mass is 615 g/mol. The van der Waals surface area contributed by atoms with Gasteiger partial charge < -0.3 is 47.6 Å². The third-order valence-electron chi connectivity index (χ3n) is 6.95. The van der Waals surface area contributed by atoms with Gasteiger partial charge in [0.25, 0.3) is 0 Å². The molecule has 0 aliphatic carbocycles. The number of unbranched alkanes of at least 4 members (excludes halogenated alkanes) is 1. The van der Waals surface area contributed by atoms with Crippen LogP contribution in [0.15, 0.2) is 30.5 Å². The van der Waals surface area contributed by atoms with Gasteiger partial charge in [-0.15, -0.1) is 0 Å². The Hall–Kier alpha value is -4.30. The van der Waals surface area contributed by atoms with Crippen LogP contribution in [-0.2, 0) is 35.2 Å². The average Bonchev–Trinajstić information content (AvgIpc) is 3.37. The molecule has 2 rings (SSSR count). The number of H-pyrrole nitrogens is 1. The molecule has 5 atom stereocenters. The van der Waals surface area contributed by atoms with E-state index >= 15 is 0 Å². The van der Waals surface area contributed by atoms with Crippen LogP contribution < -0.4 is 32.7 Å². The van der Waals surface area contributed by atoms with Crippen molar-refractivity contribution in [1.82, 2.24) is 26.3 Å². The fourth-order valence-corrected chi connectivity index (χ4v) is 4.65. The first-order valence-corrected chi connectivity index (χ1v) is 14.7. The fraction of sp³-hybridized carbons (Fsp3) is 0.533. The molecule has 10 N–H and O–H groups in total. The van der Waals surface area contributed by atoms with Crippen molar-refractivity contribution in [2.45, 2.75) is 89.5 Å². The molecule has 44 heavy (non-hydrogen) atoms. The highest BCUT2D eigenvalue weighted by molar-refractivity contribution is 5.96. The second-order valence-corrected chi connectivity index (χ2v) is 11.3. The molecule has 1 aromatic carbocycles. The van der Waals surface area contributed by atoms with E-state index in [1.54, 1.807) is 6.20 Å². The summed E-state index contributed by atoms with van der Waals surface area (Å²) < 4.78 is 0. The van der Waals surface area contributed by atoms with Crippen molar-refractivity contribution in [3.63, 3.8) is 0 Å². The van der Waals surface area contributed by atoms with Crippen molar-refractivity contribution in [3.8, 4) is 0 Å². The first kappa shape index (κ1) is 35.9. The number of aliphatic carboxylic acids is 1. The molecule has 0 aliphatic heterocycles. The van der Waals surface area contributed by atoms with E-state index in [1.165, 1.54) is 6.92 Å². The van der Waals surface area contributed by atoms with Crippen LogP contribution in [0.3, 0.4) is 0 Å². The summed E-state index contributed by atoms with van der Waals surface area (Å²) in [7, 11) is 0. The summed E-state index contributed by atoms with van der Waals surface area (Å²) in [5, 5.41) is 20.5. The van der Waals surface area contributed by atoms with Crippen molar-refractivity contribution in [3.05, 3.63) is 36.0 Å². The van der Waals surface area contributed by atoms with Crippen LogP contribution in [-0.4, -0.2) is 82.7 Å². The third kappa shape index (κ3) is 11.4. The van der Waals surface area contributed by atoms with Crippen molar-refractivity contribution in [2.24, 2.45) is 17.4 Å². The number of aldehydes is 1. The minimum absolute atomic E-state index is 0.0310. The molecule has 0 fully saturated rings. The highest BCUT2D eigenvalue weighted by Crippen LogP contribution is 2.19. The van der Waals surface area contributed by atoms with Crippen LogP contribution in [0.25, 0.3) is 10.9 Å². The number of amides is 4. The lowest BCUT2D eigenvalue weighted by molar-refractivity contribution is -0.141. The number of hydrogen-bond acceptors (Lipinski definition) is 8. The first-order chi connectivity index (χ1) is 20.9. The van der Waals surface area contributed by atoms with E-state index in [4.69, 9.17) is 11.5 Å². The molecule has 0 saturated carbocycles. The number of carboxylic acid groups (broad SMARTS) is 1. The zero-order valence-corrected chi connectivity index (χ0v) is 25.4. The van der Waals surface area contributed by atoms with Gasteiger partial charge >= 0.3 is 5.97 Å². The fourth-order valence-electron chi connectivity index (χ4n) is 4.65. The Morgan fingerprint density at radius 2 is 1.50 bits per heavy atom. The first-order valence-electron chi connectivity index (χ1n) is 14.7. The number of benzene rings is 1. The van der Waals surface area contributed by atoms with Gasteiger partial charge in [-0.05, 0) is 56.7 Å². The molecule has 0 unspecified atom stereocenters. The largest absolute Gasteiger partial charge is 0.481 e. The van der Waals surface area contributed by atoms with E-state index in [1.807, 2.05) is 38.1 Å². The molecule has 2 aromatic rings. The number of rotatable bonds is 19. The molecule has 0 saturated heterocycles. The van der Waals surface area contributed by atoms with E-state index in [-0.39, 0.29) is 25.2 Å². The number of para-hydroxylation sites is 1. The topological polar surface area (TPSA) is 239 Å². The predicted molar refractivity (Wildman–Crippen MR) is 164 cm³/mol. The van der Waals surface area contributed by atoms with Crippen LogP contribution in [0, 0.1) is 5.92 Å². The molecule has 14 nitrogen and oxygen atoms in total. The van der Waals surface area contributed by atoms with Crippen molar-refractivity contribution < 1.29 is 33.9 Å². The van der Waals surface area contributed by atoms with E-state index in [9.17, 15) is 33.9 Å². The Morgan fingerprint density at radius 1 is 0.886 bits per heavy atom. The van der Waals surface area contributed by atoms with Crippen LogP contribution in [0.1, 0.15) is 58.4 Å². The SMILES string of the molecule is CC(C)C[C@H](NC(=O)[C@H](C)N)C(=O)N[C@@H](CC(=O)O)C(=O)N[C@@H](CCCCN)C(=O)N[C@H](C=O)Cc1c[nH]c2ccccc12. The van der Waals surface area contributed by atoms with Crippen LogP contribution in [0.2, 0.25) is 0 Å². The highest BCUT2D eigenvalue weighted by atomic mass is 16.4. The van der Waals surface area contributed by atoms with Gasteiger partial charge in [0.05, 0.1) is 18.5 Å². The Morgan fingerprint density at radius 3 is 2.11 bits per heavy atom. The van der Waals surface area contributed by atoms with Crippen molar-refractivity contribution in [2.75, 3.05) is 6.54 Å². The molecule has 0 aliphatic rings. The van der Waals surface area contributed by atoms with Gasteiger partial charge in [0.15, 0.2) is 0 Å². The molecule has 14 heteroatoms. The molecule has 4 amide bonds. The molecule has 0 spiro atoms. The highest BCUT2D eigenvalue weighted by Gasteiger charge is 2.32. The third-order valence-corrected chi connectivity index (χ3v) is 6.95. The maximum Gasteiger partial charge on any atom is 0.305 e. The predicted octanol–water partition coefficient (Wildman–Crippen LogP) is -0.154. The number of aromatic nitrogens is 1. The maximum absolute atomic E-state index is 13.3. The number of fused-ring (bicyclic) bond motifs is 1. The van der Waals surface area contributed by atoms with Gasteiger partial charge in [0.1, 0.15) is 24.4 Å². The number of hydrogen-bond donors (Lipinski definition) is 8. The lowest BCUT2D eigenvalue weighted by Gasteiger charge is -2.26. The molecule has 0 radical (unpaired) electrons. The van der Waals surface area contributed by atoms with Gasteiger partial charge in [0, 0.05) is 23.5 Å². The quantitative estimate of drug-likeness (QED) is 0.0773. The Labute approximate surface area is 256 Å². The van der Waals surface area contributed by atoms with Crippen LogP contribution in [0.4, 0.5) is 0 Å². The molecule has 1 heterocycles. The Balaban J connectivity index is 2.20. The summed E-state index contributed by atoms with van der Waals surface area (Å²) in [5.74, 6) is -4.30. The normalized spacial score (nSPS) is 14.6. The second kappa shape index (κ2) is 17.7. The van der Waals surface area contributed by atoms with Gasteiger partial charge in [-0.2, -0.15) is 0 Å². The Kier molecular flexibility index (Phi) is 14.5. The number of aromatic amines is 1. The molecular formula is C30H45N7O7. The summed E-state index contributed by atoms with van der Waals surface area (Å²) >= 11 is 0.